The van der Waals surface area contributed by atoms with E-state index in [-0.39, 0.29) is 21.8 Å². The van der Waals surface area contributed by atoms with E-state index in [0.29, 0.717) is 19.0 Å². The van der Waals surface area contributed by atoms with Crippen molar-refractivity contribution in [2.45, 2.75) is 32.3 Å². The second-order valence-electron chi connectivity index (χ2n) is 6.97. The summed E-state index contributed by atoms with van der Waals surface area (Å²) < 4.78 is 5.27. The minimum absolute atomic E-state index is 0.0876. The van der Waals surface area contributed by atoms with Crippen LogP contribution in [-0.2, 0) is 16.0 Å². The maximum atomic E-state index is 12.7. The first kappa shape index (κ1) is 20.6. The van der Waals surface area contributed by atoms with Gasteiger partial charge < -0.3 is 9.64 Å². The van der Waals surface area contributed by atoms with E-state index < -0.39 is 12.1 Å². The number of nitrogens with zero attached hydrogens (tertiary/aromatic N) is 2. The molecule has 1 aromatic heterocycles. The van der Waals surface area contributed by atoms with E-state index in [4.69, 9.17) is 27.9 Å². The molecule has 1 amide bonds. The molecular weight excluding hydrogens is 399 g/mol. The van der Waals surface area contributed by atoms with E-state index in [2.05, 4.69) is 17.1 Å². The van der Waals surface area contributed by atoms with E-state index in [1.165, 1.54) is 17.7 Å². The highest BCUT2D eigenvalue weighted by Crippen LogP contribution is 2.23. The van der Waals surface area contributed by atoms with Gasteiger partial charge >= 0.3 is 5.97 Å². The lowest BCUT2D eigenvalue weighted by Gasteiger charge is -2.33. The molecule has 0 aliphatic carbocycles. The second-order valence-corrected chi connectivity index (χ2v) is 7.76. The SMILES string of the molecule is CC(OC(=O)c1nc(Cl)ccc1Cl)C(=O)N1CCC(Cc2ccccc2)CC1. The third kappa shape index (κ3) is 5.24. The third-order valence-corrected chi connectivity index (χ3v) is 5.45. The van der Waals surface area contributed by atoms with Gasteiger partial charge in [0.05, 0.1) is 5.02 Å². The molecule has 2 aromatic rings. The van der Waals surface area contributed by atoms with Gasteiger partial charge in [-0.15, -0.1) is 0 Å². The van der Waals surface area contributed by atoms with Gasteiger partial charge in [0, 0.05) is 13.1 Å². The third-order valence-electron chi connectivity index (χ3n) is 4.93. The predicted molar refractivity (Wildman–Crippen MR) is 109 cm³/mol. The Morgan fingerprint density at radius 3 is 2.50 bits per heavy atom. The molecule has 0 saturated carbocycles. The molecule has 1 aliphatic heterocycles. The number of carbonyl (C=O) groups excluding carboxylic acids is 2. The summed E-state index contributed by atoms with van der Waals surface area (Å²) in [5, 5.41) is 0.270. The fraction of sp³-hybridized carbons (Fsp3) is 0.381. The molecule has 5 nitrogen and oxygen atoms in total. The molecule has 1 fully saturated rings. The Balaban J connectivity index is 1.51. The molecule has 3 rings (SSSR count). The predicted octanol–water partition coefficient (Wildman–Crippen LogP) is 4.42. The number of ether oxygens (including phenoxy) is 1. The normalized spacial score (nSPS) is 15.9. The van der Waals surface area contributed by atoms with Crippen molar-refractivity contribution in [2.75, 3.05) is 13.1 Å². The van der Waals surface area contributed by atoms with Crippen LogP contribution in [0.25, 0.3) is 0 Å². The molecule has 1 unspecified atom stereocenters. The molecule has 1 atom stereocenters. The van der Waals surface area contributed by atoms with Crippen molar-refractivity contribution >= 4 is 35.1 Å². The van der Waals surface area contributed by atoms with Crippen LogP contribution in [0.1, 0.15) is 35.8 Å². The Morgan fingerprint density at radius 2 is 1.82 bits per heavy atom. The van der Waals surface area contributed by atoms with Crippen LogP contribution in [0.3, 0.4) is 0 Å². The van der Waals surface area contributed by atoms with Gasteiger partial charge in [0.2, 0.25) is 0 Å². The highest BCUT2D eigenvalue weighted by atomic mass is 35.5. The maximum absolute atomic E-state index is 12.7. The molecule has 0 radical (unpaired) electrons. The first-order valence-corrected chi connectivity index (χ1v) is 10.1. The van der Waals surface area contributed by atoms with Crippen molar-refractivity contribution < 1.29 is 14.3 Å². The summed E-state index contributed by atoms with van der Waals surface area (Å²) in [6.45, 7) is 2.89. The van der Waals surface area contributed by atoms with Crippen LogP contribution < -0.4 is 0 Å². The molecule has 0 bridgehead atoms. The molecular formula is C21H22Cl2N2O3. The number of likely N-dealkylation sites (tertiary alicyclic amines) is 1. The van der Waals surface area contributed by atoms with E-state index >= 15 is 0 Å². The number of pyridine rings is 1. The standard InChI is InChI=1S/C21H22Cl2N2O3/c1-14(28-21(27)19-17(22)7-8-18(23)24-19)20(26)25-11-9-16(10-12-25)13-15-5-3-2-4-6-15/h2-8,14,16H,9-13H2,1H3. The van der Waals surface area contributed by atoms with Crippen molar-refractivity contribution in [1.29, 1.82) is 0 Å². The van der Waals surface area contributed by atoms with Crippen LogP contribution in [0, 0.1) is 5.92 Å². The smallest absolute Gasteiger partial charge is 0.359 e. The van der Waals surface area contributed by atoms with Crippen LogP contribution in [0.4, 0.5) is 0 Å². The molecule has 1 saturated heterocycles. The number of hydrogen-bond donors (Lipinski definition) is 0. The molecule has 1 aliphatic rings. The topological polar surface area (TPSA) is 59.5 Å². The first-order chi connectivity index (χ1) is 13.4. The Bertz CT molecular complexity index is 837. The zero-order valence-electron chi connectivity index (χ0n) is 15.6. The van der Waals surface area contributed by atoms with Crippen LogP contribution in [0.5, 0.6) is 0 Å². The van der Waals surface area contributed by atoms with Crippen LogP contribution >= 0.6 is 23.2 Å². The Labute approximate surface area is 174 Å². The van der Waals surface area contributed by atoms with E-state index in [0.717, 1.165) is 19.3 Å². The Kier molecular flexibility index (Phi) is 6.92. The zero-order chi connectivity index (χ0) is 20.1. The van der Waals surface area contributed by atoms with Crippen molar-refractivity contribution in [2.24, 2.45) is 5.92 Å². The second kappa shape index (κ2) is 9.39. The molecule has 0 N–H and O–H groups in total. The molecule has 148 valence electrons. The van der Waals surface area contributed by atoms with E-state index in [9.17, 15) is 9.59 Å². The van der Waals surface area contributed by atoms with Gasteiger partial charge in [-0.05, 0) is 49.8 Å². The highest BCUT2D eigenvalue weighted by molar-refractivity contribution is 6.34. The zero-order valence-corrected chi connectivity index (χ0v) is 17.1. The fourth-order valence-corrected chi connectivity index (χ4v) is 3.72. The highest BCUT2D eigenvalue weighted by Gasteiger charge is 2.29. The van der Waals surface area contributed by atoms with Crippen LogP contribution in [-0.4, -0.2) is 41.0 Å². The Morgan fingerprint density at radius 1 is 1.14 bits per heavy atom. The minimum atomic E-state index is -0.907. The maximum Gasteiger partial charge on any atom is 0.359 e. The number of piperidine rings is 1. The van der Waals surface area contributed by atoms with Crippen molar-refractivity contribution in [3.05, 3.63) is 63.9 Å². The van der Waals surface area contributed by atoms with E-state index in [1.807, 2.05) is 18.2 Å². The van der Waals surface area contributed by atoms with Gasteiger partial charge in [0.25, 0.3) is 5.91 Å². The number of hydrogen-bond acceptors (Lipinski definition) is 4. The largest absolute Gasteiger partial charge is 0.448 e. The number of carbonyl (C=O) groups is 2. The lowest BCUT2D eigenvalue weighted by molar-refractivity contribution is -0.141. The molecule has 28 heavy (non-hydrogen) atoms. The monoisotopic (exact) mass is 420 g/mol. The molecule has 0 spiro atoms. The quantitative estimate of drug-likeness (QED) is 0.530. The van der Waals surface area contributed by atoms with Gasteiger partial charge in [-0.2, -0.15) is 0 Å². The van der Waals surface area contributed by atoms with Crippen molar-refractivity contribution in [1.82, 2.24) is 9.88 Å². The molecule has 7 heteroatoms. The number of halogens is 2. The van der Waals surface area contributed by atoms with Gasteiger partial charge in [-0.3, -0.25) is 4.79 Å². The number of esters is 1. The summed E-state index contributed by atoms with van der Waals surface area (Å²) in [5.74, 6) is -0.407. The summed E-state index contributed by atoms with van der Waals surface area (Å²) >= 11 is 11.8. The van der Waals surface area contributed by atoms with Gasteiger partial charge in [0.1, 0.15) is 5.15 Å². The fourth-order valence-electron chi connectivity index (χ4n) is 3.39. The number of benzene rings is 1. The summed E-state index contributed by atoms with van der Waals surface area (Å²) in [7, 11) is 0. The first-order valence-electron chi connectivity index (χ1n) is 9.30. The van der Waals surface area contributed by atoms with Crippen LogP contribution in [0.15, 0.2) is 42.5 Å². The average Bonchev–Trinajstić information content (AvgIpc) is 2.70. The summed E-state index contributed by atoms with van der Waals surface area (Å²) in [6, 6.07) is 13.3. The molecule has 2 heterocycles. The van der Waals surface area contributed by atoms with Gasteiger partial charge in [-0.25, -0.2) is 9.78 Å². The Hall–Kier alpha value is -2.11. The van der Waals surface area contributed by atoms with Gasteiger partial charge in [0.15, 0.2) is 11.8 Å². The minimum Gasteiger partial charge on any atom is -0.448 e. The number of amides is 1. The summed E-state index contributed by atoms with van der Waals surface area (Å²) in [6.07, 6.45) is 1.98. The average molecular weight is 421 g/mol. The van der Waals surface area contributed by atoms with Crippen molar-refractivity contribution in [3.8, 4) is 0 Å². The summed E-state index contributed by atoms with van der Waals surface area (Å²) in [4.78, 5) is 30.6. The lowest BCUT2D eigenvalue weighted by atomic mass is 9.90. The number of rotatable bonds is 5. The van der Waals surface area contributed by atoms with Crippen LogP contribution in [0.2, 0.25) is 10.2 Å². The summed E-state index contributed by atoms with van der Waals surface area (Å²) in [5.41, 5.74) is 1.23. The van der Waals surface area contributed by atoms with Gasteiger partial charge in [-0.1, -0.05) is 53.5 Å². The lowest BCUT2D eigenvalue weighted by Crippen LogP contribution is -2.44. The van der Waals surface area contributed by atoms with E-state index in [1.54, 1.807) is 11.8 Å². The number of aromatic nitrogens is 1. The van der Waals surface area contributed by atoms with Crippen molar-refractivity contribution in [3.63, 3.8) is 0 Å². The molecule has 1 aromatic carbocycles.